The van der Waals surface area contributed by atoms with Crippen LogP contribution < -0.4 is 5.32 Å². The molecule has 0 saturated carbocycles. The van der Waals surface area contributed by atoms with Crippen molar-refractivity contribution in [3.05, 3.63) is 59.6 Å². The first-order chi connectivity index (χ1) is 9.81. The van der Waals surface area contributed by atoms with Gasteiger partial charge in [0.1, 0.15) is 10.8 Å². The zero-order chi connectivity index (χ0) is 13.8. The first-order valence-corrected chi connectivity index (χ1v) is 6.91. The van der Waals surface area contributed by atoms with E-state index in [1.54, 1.807) is 18.3 Å². The summed E-state index contributed by atoms with van der Waals surface area (Å²) in [7, 11) is 0. The van der Waals surface area contributed by atoms with E-state index in [-0.39, 0.29) is 0 Å². The number of nitrogens with zero attached hydrogens (tertiary/aromatic N) is 3. The number of thiazole rings is 1. The monoisotopic (exact) mass is 286 g/mol. The first-order valence-electron chi connectivity index (χ1n) is 6.03. The van der Waals surface area contributed by atoms with Gasteiger partial charge in [0.25, 0.3) is 0 Å². The third-order valence-corrected chi connectivity index (χ3v) is 3.52. The molecule has 100 valence electrons. The summed E-state index contributed by atoms with van der Waals surface area (Å²) in [6.45, 7) is 0.500. The highest BCUT2D eigenvalue weighted by molar-refractivity contribution is 7.13. The molecule has 0 unspecified atom stereocenters. The Bertz CT molecular complexity index is 699. The Morgan fingerprint density at radius 2 is 2.05 bits per heavy atom. The Balaban J connectivity index is 1.69. The van der Waals surface area contributed by atoms with Crippen LogP contribution in [0.4, 0.5) is 10.2 Å². The summed E-state index contributed by atoms with van der Waals surface area (Å²) in [5.74, 6) is -0.000150. The minimum atomic E-state index is -0.498. The lowest BCUT2D eigenvalue weighted by molar-refractivity contribution is 0.585. The number of hydrogen-bond donors (Lipinski definition) is 1. The van der Waals surface area contributed by atoms with Crippen molar-refractivity contribution >= 4 is 17.2 Å². The number of hydrogen-bond acceptors (Lipinski definition) is 5. The van der Waals surface area contributed by atoms with Gasteiger partial charge in [0, 0.05) is 11.6 Å². The van der Waals surface area contributed by atoms with Crippen LogP contribution in [0.15, 0.2) is 48.0 Å². The van der Waals surface area contributed by atoms with Gasteiger partial charge in [-0.25, -0.2) is 9.97 Å². The summed E-state index contributed by atoms with van der Waals surface area (Å²) in [6, 6.07) is 10.4. The van der Waals surface area contributed by atoms with Gasteiger partial charge < -0.3 is 5.32 Å². The van der Waals surface area contributed by atoms with Crippen molar-refractivity contribution in [2.75, 3.05) is 5.32 Å². The molecule has 3 heterocycles. The molecular weight excluding hydrogens is 275 g/mol. The van der Waals surface area contributed by atoms with Gasteiger partial charge in [-0.15, -0.1) is 11.3 Å². The molecule has 3 aromatic heterocycles. The maximum atomic E-state index is 12.9. The average Bonchev–Trinajstić information content (AvgIpc) is 2.95. The minimum absolute atomic E-state index is 0.498. The summed E-state index contributed by atoms with van der Waals surface area (Å²) in [5.41, 5.74) is 1.73. The molecule has 4 nitrogen and oxygen atoms in total. The standard InChI is InChI=1S/C14H11FN4S/c15-12-5-3-6-13(19-12)17-8-10-9-20-14(18-10)11-4-1-2-7-16-11/h1-7,9H,8H2,(H,17,19). The van der Waals surface area contributed by atoms with E-state index in [9.17, 15) is 4.39 Å². The zero-order valence-electron chi connectivity index (χ0n) is 10.5. The number of nitrogens with one attached hydrogen (secondary N) is 1. The number of anilines is 1. The van der Waals surface area contributed by atoms with Crippen molar-refractivity contribution in [1.82, 2.24) is 15.0 Å². The molecule has 3 aromatic rings. The van der Waals surface area contributed by atoms with Crippen LogP contribution in [0.25, 0.3) is 10.7 Å². The summed E-state index contributed by atoms with van der Waals surface area (Å²) in [4.78, 5) is 12.5. The molecule has 0 bridgehead atoms. The van der Waals surface area contributed by atoms with E-state index in [4.69, 9.17) is 0 Å². The van der Waals surface area contributed by atoms with Crippen LogP contribution >= 0.6 is 11.3 Å². The predicted octanol–water partition coefficient (Wildman–Crippen LogP) is 3.35. The molecule has 0 aromatic carbocycles. The predicted molar refractivity (Wildman–Crippen MR) is 76.9 cm³/mol. The molecule has 20 heavy (non-hydrogen) atoms. The number of aromatic nitrogens is 3. The van der Waals surface area contributed by atoms with Gasteiger partial charge in [-0.05, 0) is 24.3 Å². The second-order valence-corrected chi connectivity index (χ2v) is 4.92. The topological polar surface area (TPSA) is 50.7 Å². The van der Waals surface area contributed by atoms with Gasteiger partial charge in [0.2, 0.25) is 5.95 Å². The molecule has 3 rings (SSSR count). The van der Waals surface area contributed by atoms with E-state index in [0.717, 1.165) is 16.4 Å². The number of pyridine rings is 2. The van der Waals surface area contributed by atoms with E-state index in [1.807, 2.05) is 23.6 Å². The summed E-state index contributed by atoms with van der Waals surface area (Å²) in [6.07, 6.45) is 1.74. The Labute approximate surface area is 119 Å². The van der Waals surface area contributed by atoms with Gasteiger partial charge in [-0.3, -0.25) is 4.98 Å². The smallest absolute Gasteiger partial charge is 0.214 e. The van der Waals surface area contributed by atoms with E-state index >= 15 is 0 Å². The fourth-order valence-electron chi connectivity index (χ4n) is 1.68. The lowest BCUT2D eigenvalue weighted by atomic mass is 10.3. The van der Waals surface area contributed by atoms with Gasteiger partial charge in [0.05, 0.1) is 17.9 Å². The van der Waals surface area contributed by atoms with E-state index < -0.39 is 5.95 Å². The molecule has 0 spiro atoms. The fourth-order valence-corrected chi connectivity index (χ4v) is 2.48. The van der Waals surface area contributed by atoms with Crippen LogP contribution in [0.1, 0.15) is 5.69 Å². The second kappa shape index (κ2) is 5.75. The van der Waals surface area contributed by atoms with E-state index in [1.165, 1.54) is 17.4 Å². The summed E-state index contributed by atoms with van der Waals surface area (Å²) < 4.78 is 12.9. The number of rotatable bonds is 4. The highest BCUT2D eigenvalue weighted by Crippen LogP contribution is 2.21. The van der Waals surface area contributed by atoms with Crippen LogP contribution in [-0.2, 0) is 6.54 Å². The molecule has 6 heteroatoms. The van der Waals surface area contributed by atoms with Crippen molar-refractivity contribution in [3.8, 4) is 10.7 Å². The first kappa shape index (κ1) is 12.7. The van der Waals surface area contributed by atoms with Crippen LogP contribution in [0.3, 0.4) is 0 Å². The van der Waals surface area contributed by atoms with E-state index in [0.29, 0.717) is 12.4 Å². The van der Waals surface area contributed by atoms with Crippen LogP contribution in [0.5, 0.6) is 0 Å². The number of halogens is 1. The van der Waals surface area contributed by atoms with Crippen molar-refractivity contribution in [2.45, 2.75) is 6.54 Å². The molecule has 0 radical (unpaired) electrons. The fraction of sp³-hybridized carbons (Fsp3) is 0.0714. The molecule has 0 aliphatic heterocycles. The van der Waals surface area contributed by atoms with Crippen molar-refractivity contribution in [3.63, 3.8) is 0 Å². The second-order valence-electron chi connectivity index (χ2n) is 4.06. The molecule has 1 N–H and O–H groups in total. The van der Waals surface area contributed by atoms with Crippen LogP contribution in [0, 0.1) is 5.95 Å². The molecule has 0 fully saturated rings. The maximum Gasteiger partial charge on any atom is 0.214 e. The Morgan fingerprint density at radius 3 is 2.85 bits per heavy atom. The van der Waals surface area contributed by atoms with Crippen LogP contribution in [0.2, 0.25) is 0 Å². The van der Waals surface area contributed by atoms with E-state index in [2.05, 4.69) is 20.3 Å². The average molecular weight is 286 g/mol. The molecular formula is C14H11FN4S. The Kier molecular flexibility index (Phi) is 3.64. The SMILES string of the molecule is Fc1cccc(NCc2csc(-c3ccccn3)n2)n1. The summed E-state index contributed by atoms with van der Waals surface area (Å²) in [5, 5.41) is 5.86. The largest absolute Gasteiger partial charge is 0.364 e. The van der Waals surface area contributed by atoms with Gasteiger partial charge >= 0.3 is 0 Å². The van der Waals surface area contributed by atoms with Gasteiger partial charge in [-0.1, -0.05) is 12.1 Å². The quantitative estimate of drug-likeness (QED) is 0.747. The van der Waals surface area contributed by atoms with Crippen molar-refractivity contribution in [2.24, 2.45) is 0 Å². The molecule has 0 atom stereocenters. The molecule has 0 aliphatic rings. The highest BCUT2D eigenvalue weighted by Gasteiger charge is 2.05. The normalized spacial score (nSPS) is 10.4. The Morgan fingerprint density at radius 1 is 1.10 bits per heavy atom. The molecule has 0 aliphatic carbocycles. The third kappa shape index (κ3) is 2.97. The van der Waals surface area contributed by atoms with Crippen molar-refractivity contribution in [1.29, 1.82) is 0 Å². The Hall–Kier alpha value is -2.34. The highest BCUT2D eigenvalue weighted by atomic mass is 32.1. The lowest BCUT2D eigenvalue weighted by Crippen LogP contribution is -2.02. The maximum absolute atomic E-state index is 12.9. The molecule has 0 amide bonds. The van der Waals surface area contributed by atoms with Crippen molar-refractivity contribution < 1.29 is 4.39 Å². The van der Waals surface area contributed by atoms with Gasteiger partial charge in [0.15, 0.2) is 0 Å². The molecule has 0 saturated heterocycles. The van der Waals surface area contributed by atoms with Gasteiger partial charge in [-0.2, -0.15) is 4.39 Å². The zero-order valence-corrected chi connectivity index (χ0v) is 11.3. The third-order valence-electron chi connectivity index (χ3n) is 2.60. The minimum Gasteiger partial charge on any atom is -0.364 e. The lowest BCUT2D eigenvalue weighted by Gasteiger charge is -2.02. The summed E-state index contributed by atoms with van der Waals surface area (Å²) >= 11 is 1.53. The van der Waals surface area contributed by atoms with Crippen LogP contribution in [-0.4, -0.2) is 15.0 Å².